The summed E-state index contributed by atoms with van der Waals surface area (Å²) in [5, 5.41) is 56.4. The second-order valence-corrected chi connectivity index (χ2v) is 7.74. The standard InChI is InChI=1S/C21H31N3O10/c25-13-16(23(9-18(27)28)10-19(29)30)7-22(6-15-4-2-1-3-5-15)8-17(14-26)24(11-20(31)32)12-21(33)34/h1-5,16-17,25-26H,6-14H2,(H,27,28)(H,29,30)(H,31,32)(H,33,34)/t16-,17-/m0/s1. The molecule has 0 fully saturated rings. The molecule has 0 aromatic heterocycles. The van der Waals surface area contributed by atoms with Crippen LogP contribution < -0.4 is 0 Å². The van der Waals surface area contributed by atoms with Gasteiger partial charge in [-0.1, -0.05) is 30.3 Å². The summed E-state index contributed by atoms with van der Waals surface area (Å²) in [7, 11) is 0. The van der Waals surface area contributed by atoms with Gasteiger partial charge in [0.25, 0.3) is 0 Å². The fourth-order valence-electron chi connectivity index (χ4n) is 3.54. The first-order valence-electron chi connectivity index (χ1n) is 10.4. The van der Waals surface area contributed by atoms with Crippen molar-refractivity contribution in [2.45, 2.75) is 18.6 Å². The van der Waals surface area contributed by atoms with E-state index in [4.69, 9.17) is 20.4 Å². The minimum absolute atomic E-state index is 0.0313. The summed E-state index contributed by atoms with van der Waals surface area (Å²) in [6, 6.07) is 7.13. The van der Waals surface area contributed by atoms with Gasteiger partial charge in [-0.3, -0.25) is 33.9 Å². The van der Waals surface area contributed by atoms with E-state index in [2.05, 4.69) is 0 Å². The highest BCUT2D eigenvalue weighted by atomic mass is 16.4. The zero-order chi connectivity index (χ0) is 25.7. The number of aliphatic hydroxyl groups excluding tert-OH is 2. The molecule has 190 valence electrons. The first-order valence-corrected chi connectivity index (χ1v) is 10.4. The quantitative estimate of drug-likeness (QED) is 0.136. The topological polar surface area (TPSA) is 199 Å². The largest absolute Gasteiger partial charge is 0.480 e. The molecule has 0 spiro atoms. The third-order valence-electron chi connectivity index (χ3n) is 4.99. The molecule has 0 aliphatic rings. The highest BCUT2D eigenvalue weighted by Gasteiger charge is 2.29. The van der Waals surface area contributed by atoms with Gasteiger partial charge in [-0.25, -0.2) is 0 Å². The Morgan fingerprint density at radius 3 is 1.29 bits per heavy atom. The van der Waals surface area contributed by atoms with Crippen molar-refractivity contribution in [1.82, 2.24) is 14.7 Å². The molecule has 0 unspecified atom stereocenters. The molecule has 13 nitrogen and oxygen atoms in total. The van der Waals surface area contributed by atoms with Gasteiger partial charge in [0.05, 0.1) is 39.4 Å². The normalized spacial score (nSPS) is 13.2. The molecule has 2 atom stereocenters. The lowest BCUT2D eigenvalue weighted by molar-refractivity contribution is -0.144. The van der Waals surface area contributed by atoms with Gasteiger partial charge >= 0.3 is 23.9 Å². The maximum atomic E-state index is 11.2. The van der Waals surface area contributed by atoms with Crippen molar-refractivity contribution in [3.05, 3.63) is 35.9 Å². The molecule has 1 aromatic carbocycles. The molecule has 6 N–H and O–H groups in total. The Balaban J connectivity index is 3.20. The van der Waals surface area contributed by atoms with Crippen LogP contribution in [0, 0.1) is 0 Å². The van der Waals surface area contributed by atoms with E-state index >= 15 is 0 Å². The average Bonchev–Trinajstić information content (AvgIpc) is 2.74. The zero-order valence-corrected chi connectivity index (χ0v) is 18.6. The van der Waals surface area contributed by atoms with Gasteiger partial charge in [0.15, 0.2) is 0 Å². The number of benzene rings is 1. The fraction of sp³-hybridized carbons (Fsp3) is 0.524. The molecule has 0 saturated carbocycles. The van der Waals surface area contributed by atoms with Crippen LogP contribution in [0.5, 0.6) is 0 Å². The third kappa shape index (κ3) is 11.2. The number of nitrogens with zero attached hydrogens (tertiary/aromatic N) is 3. The van der Waals surface area contributed by atoms with Gasteiger partial charge in [-0.15, -0.1) is 0 Å². The van der Waals surface area contributed by atoms with Crippen LogP contribution in [0.4, 0.5) is 0 Å². The Bertz CT molecular complexity index is 729. The number of hydrogen-bond acceptors (Lipinski definition) is 9. The van der Waals surface area contributed by atoms with Crippen molar-refractivity contribution >= 4 is 23.9 Å². The van der Waals surface area contributed by atoms with Crippen LogP contribution in [0.2, 0.25) is 0 Å². The number of hydrogen-bond donors (Lipinski definition) is 6. The molecule has 0 bridgehead atoms. The number of aliphatic hydroxyl groups is 2. The monoisotopic (exact) mass is 485 g/mol. The molecule has 0 amide bonds. The lowest BCUT2D eigenvalue weighted by atomic mass is 10.1. The second-order valence-electron chi connectivity index (χ2n) is 7.74. The minimum atomic E-state index is -1.28. The molecule has 0 heterocycles. The molecule has 13 heteroatoms. The highest BCUT2D eigenvalue weighted by Crippen LogP contribution is 2.12. The van der Waals surface area contributed by atoms with Crippen molar-refractivity contribution in [2.75, 3.05) is 52.5 Å². The Kier molecular flexibility index (Phi) is 12.7. The van der Waals surface area contributed by atoms with Crippen molar-refractivity contribution in [3.8, 4) is 0 Å². The molecule has 0 saturated heterocycles. The van der Waals surface area contributed by atoms with Crippen molar-refractivity contribution in [2.24, 2.45) is 0 Å². The SMILES string of the molecule is O=C(O)CN(CC(=O)O)[C@H](CO)CN(Cc1ccccc1)C[C@@H](CO)N(CC(=O)O)CC(=O)O. The van der Waals surface area contributed by atoms with Gasteiger partial charge in [-0.2, -0.15) is 0 Å². The number of rotatable bonds is 18. The summed E-state index contributed by atoms with van der Waals surface area (Å²) < 4.78 is 0. The van der Waals surface area contributed by atoms with E-state index in [1.807, 2.05) is 0 Å². The van der Waals surface area contributed by atoms with Crippen molar-refractivity contribution < 1.29 is 49.8 Å². The maximum Gasteiger partial charge on any atom is 0.317 e. The van der Waals surface area contributed by atoms with E-state index in [-0.39, 0.29) is 19.6 Å². The summed E-state index contributed by atoms with van der Waals surface area (Å²) in [5.41, 5.74) is 0.807. The van der Waals surface area contributed by atoms with E-state index in [1.165, 1.54) is 0 Å². The lowest BCUT2D eigenvalue weighted by Crippen LogP contribution is -2.54. The Morgan fingerprint density at radius 1 is 0.647 bits per heavy atom. The number of carbonyl (C=O) groups is 4. The minimum Gasteiger partial charge on any atom is -0.480 e. The molecule has 34 heavy (non-hydrogen) atoms. The predicted octanol–water partition coefficient (Wildman–Crippen LogP) is -1.85. The van der Waals surface area contributed by atoms with Crippen molar-refractivity contribution in [3.63, 3.8) is 0 Å². The average molecular weight is 485 g/mol. The van der Waals surface area contributed by atoms with Crippen LogP contribution in [-0.2, 0) is 25.7 Å². The second kappa shape index (κ2) is 14.9. The molecular formula is C21H31N3O10. The van der Waals surface area contributed by atoms with Crippen LogP contribution in [0.1, 0.15) is 5.56 Å². The van der Waals surface area contributed by atoms with E-state index in [0.29, 0.717) is 0 Å². The van der Waals surface area contributed by atoms with Crippen LogP contribution >= 0.6 is 0 Å². The Hall–Kier alpha value is -3.10. The van der Waals surface area contributed by atoms with Gasteiger partial charge in [0, 0.05) is 31.7 Å². The molecule has 0 aliphatic heterocycles. The summed E-state index contributed by atoms with van der Waals surface area (Å²) >= 11 is 0. The summed E-state index contributed by atoms with van der Waals surface area (Å²) in [6.07, 6.45) is 0. The summed E-state index contributed by atoms with van der Waals surface area (Å²) in [4.78, 5) is 48.8. The van der Waals surface area contributed by atoms with Gasteiger partial charge in [0.1, 0.15) is 0 Å². The van der Waals surface area contributed by atoms with Gasteiger partial charge in [0.2, 0.25) is 0 Å². The molecule has 0 aliphatic carbocycles. The van der Waals surface area contributed by atoms with E-state index in [0.717, 1.165) is 15.4 Å². The molecule has 1 rings (SSSR count). The van der Waals surface area contributed by atoms with Crippen LogP contribution in [0.25, 0.3) is 0 Å². The third-order valence-corrected chi connectivity index (χ3v) is 4.99. The first kappa shape index (κ1) is 28.9. The Labute approximate surface area is 196 Å². The summed E-state index contributed by atoms with van der Waals surface area (Å²) in [5.74, 6) is -5.12. The lowest BCUT2D eigenvalue weighted by Gasteiger charge is -2.36. The molecule has 1 aromatic rings. The van der Waals surface area contributed by atoms with Crippen LogP contribution in [0.15, 0.2) is 30.3 Å². The predicted molar refractivity (Wildman–Crippen MR) is 117 cm³/mol. The van der Waals surface area contributed by atoms with Crippen LogP contribution in [0.3, 0.4) is 0 Å². The van der Waals surface area contributed by atoms with Crippen molar-refractivity contribution in [1.29, 1.82) is 0 Å². The highest BCUT2D eigenvalue weighted by molar-refractivity contribution is 5.73. The smallest absolute Gasteiger partial charge is 0.317 e. The first-order chi connectivity index (χ1) is 16.0. The fourth-order valence-corrected chi connectivity index (χ4v) is 3.54. The zero-order valence-electron chi connectivity index (χ0n) is 18.6. The molecule has 0 radical (unpaired) electrons. The number of carboxylic acids is 4. The summed E-state index contributed by atoms with van der Waals surface area (Å²) in [6.45, 7) is -3.50. The Morgan fingerprint density at radius 2 is 1.00 bits per heavy atom. The van der Waals surface area contributed by atoms with Crippen LogP contribution in [-0.4, -0.2) is 134 Å². The maximum absolute atomic E-state index is 11.2. The van der Waals surface area contributed by atoms with E-state index < -0.39 is 75.4 Å². The number of aliphatic carboxylic acids is 4. The van der Waals surface area contributed by atoms with Gasteiger partial charge in [-0.05, 0) is 5.56 Å². The molecular weight excluding hydrogens is 454 g/mol. The van der Waals surface area contributed by atoms with Gasteiger partial charge < -0.3 is 30.6 Å². The van der Waals surface area contributed by atoms with E-state index in [9.17, 15) is 29.4 Å². The van der Waals surface area contributed by atoms with E-state index in [1.54, 1.807) is 35.2 Å². The number of carboxylic acid groups (broad SMARTS) is 4.